The van der Waals surface area contributed by atoms with Crippen LogP contribution < -0.4 is 15.4 Å². The first-order chi connectivity index (χ1) is 20.2. The average Bonchev–Trinajstić information content (AvgIpc) is 3.54. The van der Waals surface area contributed by atoms with E-state index < -0.39 is 23.2 Å². The average molecular weight is 586 g/mol. The van der Waals surface area contributed by atoms with Gasteiger partial charge in [0, 0.05) is 49.6 Å². The third-order valence-corrected chi connectivity index (χ3v) is 7.20. The lowest BCUT2D eigenvalue weighted by molar-refractivity contribution is -0.108. The molecule has 0 bridgehead atoms. The summed E-state index contributed by atoms with van der Waals surface area (Å²) in [5.41, 5.74) is 1.32. The van der Waals surface area contributed by atoms with Crippen molar-refractivity contribution in [1.82, 2.24) is 25.4 Å². The molecule has 42 heavy (non-hydrogen) atoms. The molecule has 0 radical (unpaired) electrons. The molecule has 1 saturated heterocycles. The highest BCUT2D eigenvalue weighted by Crippen LogP contribution is 2.40. The number of urea groups is 1. The second-order valence-corrected chi connectivity index (χ2v) is 10.5. The minimum absolute atomic E-state index is 0.143. The number of aromatic nitrogens is 1. The van der Waals surface area contributed by atoms with Crippen LogP contribution in [0.2, 0.25) is 0 Å². The molecule has 4 heterocycles. The molecule has 1 fully saturated rings. The van der Waals surface area contributed by atoms with Gasteiger partial charge >= 0.3 is 6.03 Å². The number of morpholine rings is 1. The van der Waals surface area contributed by atoms with Gasteiger partial charge in [-0.2, -0.15) is 0 Å². The lowest BCUT2D eigenvalue weighted by atomic mass is 9.97. The molecule has 3 amide bonds. The van der Waals surface area contributed by atoms with Crippen molar-refractivity contribution in [3.05, 3.63) is 65.1 Å². The normalized spacial score (nSPS) is 17.3. The number of likely N-dealkylation sites (N-methyl/N-ethyl adjacent to an activating group) is 1. The Bertz CT molecular complexity index is 1440. The summed E-state index contributed by atoms with van der Waals surface area (Å²) >= 11 is 0. The maximum absolute atomic E-state index is 15.3. The Balaban J connectivity index is 0.000000507. The predicted molar refractivity (Wildman–Crippen MR) is 154 cm³/mol. The molecule has 5 rings (SSSR count). The van der Waals surface area contributed by atoms with Gasteiger partial charge in [-0.25, -0.2) is 18.6 Å². The smallest absolute Gasteiger partial charge is 0.322 e. The number of hydrogen-bond donors (Lipinski definition) is 2. The number of fused-ring (bicyclic) bond motifs is 2. The molecular formula is C30H37F2N5O5. The van der Waals surface area contributed by atoms with Crippen LogP contribution in [-0.4, -0.2) is 74.2 Å². The van der Waals surface area contributed by atoms with Crippen molar-refractivity contribution in [2.45, 2.75) is 38.8 Å². The SMILES string of the molecule is CCC/C=C1\c2c(ccc(OC)c2F)CN1C[C@](C)(NC(=O)NC=O)c1cc2ncc(F)cc2o1.CN1CCOCC1. The van der Waals surface area contributed by atoms with E-state index in [1.807, 2.05) is 24.0 Å². The number of allylic oxidation sites excluding steroid dienone is 1. The van der Waals surface area contributed by atoms with Crippen molar-refractivity contribution < 1.29 is 32.3 Å². The largest absolute Gasteiger partial charge is 0.494 e. The van der Waals surface area contributed by atoms with E-state index >= 15 is 4.39 Å². The monoisotopic (exact) mass is 585 g/mol. The van der Waals surface area contributed by atoms with Gasteiger partial charge in [0.15, 0.2) is 17.1 Å². The van der Waals surface area contributed by atoms with Crippen molar-refractivity contribution >= 4 is 29.2 Å². The molecule has 3 aromatic rings. The highest BCUT2D eigenvalue weighted by atomic mass is 19.1. The summed E-state index contributed by atoms with van der Waals surface area (Å²) in [4.78, 5) is 31.5. The molecule has 1 atom stereocenters. The second kappa shape index (κ2) is 13.8. The van der Waals surface area contributed by atoms with Gasteiger partial charge in [0.2, 0.25) is 6.41 Å². The summed E-state index contributed by atoms with van der Waals surface area (Å²) < 4.78 is 45.2. The molecule has 2 N–H and O–H groups in total. The van der Waals surface area contributed by atoms with E-state index in [2.05, 4.69) is 27.6 Å². The molecule has 226 valence electrons. The van der Waals surface area contributed by atoms with Crippen molar-refractivity contribution in [1.29, 1.82) is 0 Å². The third kappa shape index (κ3) is 7.05. The minimum Gasteiger partial charge on any atom is -0.494 e. The zero-order valence-electron chi connectivity index (χ0n) is 24.3. The first kappa shape index (κ1) is 30.9. The highest BCUT2D eigenvalue weighted by Gasteiger charge is 2.39. The second-order valence-electron chi connectivity index (χ2n) is 10.5. The Morgan fingerprint density at radius 2 is 2.00 bits per heavy atom. The van der Waals surface area contributed by atoms with Gasteiger partial charge in [-0.1, -0.05) is 25.5 Å². The van der Waals surface area contributed by atoms with Crippen molar-refractivity contribution in [3.8, 4) is 5.75 Å². The summed E-state index contributed by atoms with van der Waals surface area (Å²) in [6, 6.07) is 5.47. The summed E-state index contributed by atoms with van der Waals surface area (Å²) in [5.74, 6) is -0.567. The van der Waals surface area contributed by atoms with Gasteiger partial charge in [0.1, 0.15) is 22.6 Å². The molecule has 1 aromatic carbocycles. The van der Waals surface area contributed by atoms with Crippen molar-refractivity contribution in [3.63, 3.8) is 0 Å². The van der Waals surface area contributed by atoms with Gasteiger partial charge in [-0.3, -0.25) is 10.1 Å². The zero-order chi connectivity index (χ0) is 30.3. The first-order valence-corrected chi connectivity index (χ1v) is 13.8. The Morgan fingerprint density at radius 3 is 2.64 bits per heavy atom. The molecule has 10 nitrogen and oxygen atoms in total. The topological polar surface area (TPSA) is 109 Å². The number of rotatable bonds is 8. The summed E-state index contributed by atoms with van der Waals surface area (Å²) in [6.45, 7) is 8.30. The number of amides is 3. The number of nitrogens with one attached hydrogen (secondary N) is 2. The van der Waals surface area contributed by atoms with Crippen LogP contribution in [0.1, 0.15) is 43.6 Å². The number of imide groups is 1. The van der Waals surface area contributed by atoms with E-state index in [0.717, 1.165) is 44.5 Å². The van der Waals surface area contributed by atoms with E-state index in [9.17, 15) is 14.0 Å². The number of pyridine rings is 1. The molecule has 0 aliphatic carbocycles. The lowest BCUT2D eigenvalue weighted by Gasteiger charge is -2.34. The molecule has 2 aromatic heterocycles. The molecule has 2 aliphatic heterocycles. The van der Waals surface area contributed by atoms with Crippen molar-refractivity contribution in [2.75, 3.05) is 47.0 Å². The van der Waals surface area contributed by atoms with Gasteiger partial charge in [-0.15, -0.1) is 0 Å². The Morgan fingerprint density at radius 1 is 1.24 bits per heavy atom. The number of methoxy groups -OCH3 is 1. The number of furan rings is 1. The standard InChI is InChI=1S/C25H26F2N4O4.C5H11NO/c1-4-5-6-18-22-15(7-8-19(34-3)23(22)27)12-31(18)13-25(2,30-24(33)29-14-32)21-10-17-20(35-21)9-16(26)11-28-17;1-6-2-4-7-5-3-6/h6-11,14H,4-5,12-13H2,1-3H3,(H2,29,30,32,33);2-5H2,1H3/b18-6+;/t25-;/m0./s1. The fourth-order valence-electron chi connectivity index (χ4n) is 4.99. The molecular weight excluding hydrogens is 548 g/mol. The first-order valence-electron chi connectivity index (χ1n) is 13.8. The number of nitrogens with zero attached hydrogens (tertiary/aromatic N) is 3. The fourth-order valence-corrected chi connectivity index (χ4v) is 4.99. The van der Waals surface area contributed by atoms with Crippen LogP contribution in [0.5, 0.6) is 5.75 Å². The third-order valence-electron chi connectivity index (χ3n) is 7.20. The number of benzene rings is 1. The molecule has 2 aliphatic rings. The van der Waals surface area contributed by atoms with Crippen LogP contribution >= 0.6 is 0 Å². The van der Waals surface area contributed by atoms with Crippen LogP contribution in [0.25, 0.3) is 16.8 Å². The maximum atomic E-state index is 15.3. The van der Waals surface area contributed by atoms with E-state index in [4.69, 9.17) is 13.9 Å². The van der Waals surface area contributed by atoms with Crippen LogP contribution in [0, 0.1) is 11.6 Å². The maximum Gasteiger partial charge on any atom is 0.322 e. The number of unbranched alkanes of at least 4 members (excludes halogenated alkanes) is 1. The predicted octanol–water partition coefficient (Wildman–Crippen LogP) is 4.39. The van der Waals surface area contributed by atoms with E-state index in [1.165, 1.54) is 13.2 Å². The van der Waals surface area contributed by atoms with Crippen molar-refractivity contribution in [2.24, 2.45) is 0 Å². The summed E-state index contributed by atoms with van der Waals surface area (Å²) in [7, 11) is 3.53. The van der Waals surface area contributed by atoms with E-state index in [-0.39, 0.29) is 24.3 Å². The van der Waals surface area contributed by atoms with Gasteiger partial charge in [0.05, 0.1) is 26.5 Å². The van der Waals surface area contributed by atoms with Crippen LogP contribution in [0.15, 0.2) is 41.0 Å². The molecule has 0 spiro atoms. The molecule has 12 heteroatoms. The minimum atomic E-state index is -1.20. The number of ether oxygens (including phenoxy) is 2. The lowest BCUT2D eigenvalue weighted by Crippen LogP contribution is -2.52. The number of carbonyl (C=O) groups is 2. The van der Waals surface area contributed by atoms with E-state index in [0.29, 0.717) is 35.5 Å². The fraction of sp³-hybridized carbons (Fsp3) is 0.433. The van der Waals surface area contributed by atoms with Gasteiger partial charge in [0.25, 0.3) is 0 Å². The number of hydrogen-bond acceptors (Lipinski definition) is 8. The van der Waals surface area contributed by atoms with E-state index in [1.54, 1.807) is 19.1 Å². The Kier molecular flexibility index (Phi) is 10.1. The quantitative estimate of drug-likeness (QED) is 0.375. The number of carbonyl (C=O) groups excluding carboxylic acids is 2. The number of halogens is 2. The Labute approximate surface area is 243 Å². The van der Waals surface area contributed by atoms with Gasteiger partial charge < -0.3 is 29.0 Å². The van der Waals surface area contributed by atoms with Gasteiger partial charge in [-0.05, 0) is 32.0 Å². The van der Waals surface area contributed by atoms with Crippen LogP contribution in [0.4, 0.5) is 13.6 Å². The molecule has 0 saturated carbocycles. The van der Waals surface area contributed by atoms with Crippen LogP contribution in [0.3, 0.4) is 0 Å². The molecule has 0 unspecified atom stereocenters. The highest BCUT2D eigenvalue weighted by molar-refractivity contribution is 5.85. The summed E-state index contributed by atoms with van der Waals surface area (Å²) in [6.07, 6.45) is 4.87. The summed E-state index contributed by atoms with van der Waals surface area (Å²) in [5, 5.41) is 4.84. The Hall–Kier alpha value is -4.03. The zero-order valence-corrected chi connectivity index (χ0v) is 24.3. The van der Waals surface area contributed by atoms with Crippen LogP contribution in [-0.2, 0) is 21.6 Å².